The van der Waals surface area contributed by atoms with Crippen molar-refractivity contribution in [2.24, 2.45) is 0 Å². The number of likely N-dealkylation sites (N-methyl/N-ethyl adjacent to an activating group) is 1. The molecule has 1 aromatic rings. The van der Waals surface area contributed by atoms with E-state index in [0.717, 1.165) is 18.5 Å². The summed E-state index contributed by atoms with van der Waals surface area (Å²) in [6.45, 7) is 5.05. The molecule has 0 saturated heterocycles. The number of methoxy groups -OCH3 is 1. The Kier molecular flexibility index (Phi) is 5.22. The lowest BCUT2D eigenvalue weighted by atomic mass is 10.00. The Hall–Kier alpha value is -1.13. The summed E-state index contributed by atoms with van der Waals surface area (Å²) >= 11 is 0. The molecule has 1 heterocycles. The average Bonchev–Trinajstić information content (AvgIpc) is 2.30. The maximum atomic E-state index is 5.89. The van der Waals surface area contributed by atoms with Gasteiger partial charge in [-0.05, 0) is 19.0 Å². The van der Waals surface area contributed by atoms with Crippen LogP contribution in [0, 0.1) is 0 Å². The maximum absolute atomic E-state index is 5.89. The molecule has 0 aliphatic rings. The van der Waals surface area contributed by atoms with Crippen molar-refractivity contribution in [2.75, 3.05) is 19.4 Å². The first-order valence-corrected chi connectivity index (χ1v) is 5.71. The Balaban J connectivity index is 2.97. The monoisotopic (exact) mass is 223 g/mol. The third kappa shape index (κ3) is 2.93. The van der Waals surface area contributed by atoms with Crippen molar-refractivity contribution in [3.63, 3.8) is 0 Å². The Morgan fingerprint density at radius 1 is 1.50 bits per heavy atom. The van der Waals surface area contributed by atoms with E-state index in [2.05, 4.69) is 24.1 Å². The number of nitrogens with two attached hydrogens (primary N) is 1. The SMILES string of the molecule is CCNC(c1cccnc1N)C(CC)OC. The van der Waals surface area contributed by atoms with E-state index in [9.17, 15) is 0 Å². The largest absolute Gasteiger partial charge is 0.383 e. The van der Waals surface area contributed by atoms with Crippen molar-refractivity contribution in [3.05, 3.63) is 23.9 Å². The Bertz CT molecular complexity index is 313. The van der Waals surface area contributed by atoms with Gasteiger partial charge in [0.25, 0.3) is 0 Å². The zero-order valence-electron chi connectivity index (χ0n) is 10.2. The number of nitrogens with one attached hydrogen (secondary N) is 1. The highest BCUT2D eigenvalue weighted by molar-refractivity contribution is 5.41. The molecule has 0 fully saturated rings. The van der Waals surface area contributed by atoms with Crippen LogP contribution in [0.2, 0.25) is 0 Å². The fourth-order valence-electron chi connectivity index (χ4n) is 1.89. The minimum absolute atomic E-state index is 0.105. The smallest absolute Gasteiger partial charge is 0.128 e. The molecular weight excluding hydrogens is 202 g/mol. The van der Waals surface area contributed by atoms with E-state index in [0.29, 0.717) is 5.82 Å². The van der Waals surface area contributed by atoms with Crippen molar-refractivity contribution in [2.45, 2.75) is 32.4 Å². The standard InChI is InChI=1S/C12H21N3O/c1-4-10(16-3)11(14-5-2)9-7-6-8-15-12(9)13/h6-8,10-11,14H,4-5H2,1-3H3,(H2,13,15). The van der Waals surface area contributed by atoms with Crippen LogP contribution in [-0.4, -0.2) is 24.7 Å². The molecule has 0 bridgehead atoms. The van der Waals surface area contributed by atoms with Gasteiger partial charge in [-0.2, -0.15) is 0 Å². The first-order chi connectivity index (χ1) is 7.74. The van der Waals surface area contributed by atoms with Crippen LogP contribution in [0.25, 0.3) is 0 Å². The van der Waals surface area contributed by atoms with Gasteiger partial charge in [0.15, 0.2) is 0 Å². The molecule has 0 saturated carbocycles. The van der Waals surface area contributed by atoms with Crippen LogP contribution in [0.4, 0.5) is 5.82 Å². The molecule has 2 atom stereocenters. The molecule has 0 amide bonds. The molecule has 3 N–H and O–H groups in total. The van der Waals surface area contributed by atoms with E-state index in [-0.39, 0.29) is 12.1 Å². The topological polar surface area (TPSA) is 60.2 Å². The van der Waals surface area contributed by atoms with Crippen LogP contribution < -0.4 is 11.1 Å². The Morgan fingerprint density at radius 3 is 2.75 bits per heavy atom. The predicted octanol–water partition coefficient (Wildman–Crippen LogP) is 1.74. The number of anilines is 1. The molecule has 1 aromatic heterocycles. The van der Waals surface area contributed by atoms with E-state index < -0.39 is 0 Å². The first-order valence-electron chi connectivity index (χ1n) is 5.71. The highest BCUT2D eigenvalue weighted by Crippen LogP contribution is 2.24. The van der Waals surface area contributed by atoms with Crippen LogP contribution in [0.15, 0.2) is 18.3 Å². The number of nitrogens with zero attached hydrogens (tertiary/aromatic N) is 1. The maximum Gasteiger partial charge on any atom is 0.128 e. The molecule has 0 aliphatic heterocycles. The molecule has 0 radical (unpaired) electrons. The van der Waals surface area contributed by atoms with Gasteiger partial charge >= 0.3 is 0 Å². The molecule has 0 aliphatic carbocycles. The number of ether oxygens (including phenoxy) is 1. The van der Waals surface area contributed by atoms with Gasteiger partial charge in [-0.15, -0.1) is 0 Å². The van der Waals surface area contributed by atoms with Crippen LogP contribution >= 0.6 is 0 Å². The van der Waals surface area contributed by atoms with Crippen molar-refractivity contribution in [1.29, 1.82) is 0 Å². The fourth-order valence-corrected chi connectivity index (χ4v) is 1.89. The molecule has 90 valence electrons. The van der Waals surface area contributed by atoms with Gasteiger partial charge in [-0.25, -0.2) is 4.98 Å². The van der Waals surface area contributed by atoms with Gasteiger partial charge in [0.2, 0.25) is 0 Å². The molecule has 0 spiro atoms. The zero-order valence-corrected chi connectivity index (χ0v) is 10.2. The second-order valence-corrected chi connectivity index (χ2v) is 3.70. The summed E-state index contributed by atoms with van der Waals surface area (Å²) in [7, 11) is 1.73. The number of nitrogen functional groups attached to an aromatic ring is 1. The van der Waals surface area contributed by atoms with Crippen molar-refractivity contribution < 1.29 is 4.74 Å². The van der Waals surface area contributed by atoms with E-state index in [4.69, 9.17) is 10.5 Å². The van der Waals surface area contributed by atoms with Crippen molar-refractivity contribution in [3.8, 4) is 0 Å². The number of rotatable bonds is 6. The van der Waals surface area contributed by atoms with E-state index in [1.54, 1.807) is 13.3 Å². The summed E-state index contributed by atoms with van der Waals surface area (Å²) in [6.07, 6.45) is 2.75. The second kappa shape index (κ2) is 6.45. The third-order valence-electron chi connectivity index (χ3n) is 2.71. The molecule has 2 unspecified atom stereocenters. The number of hydrogen-bond donors (Lipinski definition) is 2. The minimum atomic E-state index is 0.105. The summed E-state index contributed by atoms with van der Waals surface area (Å²) in [5.41, 5.74) is 6.90. The quantitative estimate of drug-likeness (QED) is 0.771. The summed E-state index contributed by atoms with van der Waals surface area (Å²) in [5.74, 6) is 0.573. The number of pyridine rings is 1. The molecule has 4 heteroatoms. The van der Waals surface area contributed by atoms with Gasteiger partial charge in [0.05, 0.1) is 12.1 Å². The summed E-state index contributed by atoms with van der Waals surface area (Å²) in [6, 6.07) is 4.00. The molecular formula is C12H21N3O. The van der Waals surface area contributed by atoms with Crippen LogP contribution in [-0.2, 0) is 4.74 Å². The number of hydrogen-bond acceptors (Lipinski definition) is 4. The second-order valence-electron chi connectivity index (χ2n) is 3.70. The van der Waals surface area contributed by atoms with Crippen molar-refractivity contribution >= 4 is 5.82 Å². The minimum Gasteiger partial charge on any atom is -0.383 e. The van der Waals surface area contributed by atoms with Gasteiger partial charge in [-0.3, -0.25) is 0 Å². The van der Waals surface area contributed by atoms with Gasteiger partial charge < -0.3 is 15.8 Å². The normalized spacial score (nSPS) is 14.7. The van der Waals surface area contributed by atoms with Crippen LogP contribution in [0.1, 0.15) is 31.9 Å². The predicted molar refractivity (Wildman–Crippen MR) is 66.2 cm³/mol. The lowest BCUT2D eigenvalue weighted by Crippen LogP contribution is -2.33. The lowest BCUT2D eigenvalue weighted by Gasteiger charge is -2.26. The molecule has 16 heavy (non-hydrogen) atoms. The summed E-state index contributed by atoms with van der Waals surface area (Å²) < 4.78 is 5.48. The molecule has 0 aromatic carbocycles. The highest BCUT2D eigenvalue weighted by atomic mass is 16.5. The summed E-state index contributed by atoms with van der Waals surface area (Å²) in [4.78, 5) is 4.12. The van der Waals surface area contributed by atoms with Gasteiger partial charge in [-0.1, -0.05) is 19.9 Å². The van der Waals surface area contributed by atoms with Crippen LogP contribution in [0.5, 0.6) is 0 Å². The Morgan fingerprint density at radius 2 is 2.25 bits per heavy atom. The van der Waals surface area contributed by atoms with Crippen LogP contribution in [0.3, 0.4) is 0 Å². The fraction of sp³-hybridized carbons (Fsp3) is 0.583. The molecule has 4 nitrogen and oxygen atoms in total. The number of aromatic nitrogens is 1. The van der Waals surface area contributed by atoms with Gasteiger partial charge in [0, 0.05) is 18.9 Å². The summed E-state index contributed by atoms with van der Waals surface area (Å²) in [5, 5.41) is 3.40. The zero-order chi connectivity index (χ0) is 12.0. The highest BCUT2D eigenvalue weighted by Gasteiger charge is 2.22. The Labute approximate surface area is 97.2 Å². The average molecular weight is 223 g/mol. The first kappa shape index (κ1) is 12.9. The van der Waals surface area contributed by atoms with E-state index in [1.807, 2.05) is 12.1 Å². The lowest BCUT2D eigenvalue weighted by molar-refractivity contribution is 0.0657. The third-order valence-corrected chi connectivity index (χ3v) is 2.71. The molecule has 1 rings (SSSR count). The van der Waals surface area contributed by atoms with Gasteiger partial charge in [0.1, 0.15) is 5.82 Å². The van der Waals surface area contributed by atoms with Crippen molar-refractivity contribution in [1.82, 2.24) is 10.3 Å². The van der Waals surface area contributed by atoms with E-state index >= 15 is 0 Å². The van der Waals surface area contributed by atoms with E-state index in [1.165, 1.54) is 0 Å².